The Labute approximate surface area is 116 Å². The maximum Gasteiger partial charge on any atom is 0.237 e. The average molecular weight is 312 g/mol. The number of hydrogen-bond donors (Lipinski definition) is 1. The van der Waals surface area contributed by atoms with Crippen LogP contribution in [0.1, 0.15) is 31.2 Å². The SMILES string of the molecule is Cc1cc(N(CC(N)=O)C2CCCC2)ncc1Br. The molecule has 1 amide bonds. The summed E-state index contributed by atoms with van der Waals surface area (Å²) in [5, 5.41) is 0. The first-order valence-electron chi connectivity index (χ1n) is 6.25. The molecule has 1 aromatic heterocycles. The molecule has 18 heavy (non-hydrogen) atoms. The third kappa shape index (κ3) is 3.02. The zero-order valence-corrected chi connectivity index (χ0v) is 12.1. The van der Waals surface area contributed by atoms with Crippen LogP contribution in [0.2, 0.25) is 0 Å². The number of anilines is 1. The number of rotatable bonds is 4. The highest BCUT2D eigenvalue weighted by Crippen LogP contribution is 2.28. The van der Waals surface area contributed by atoms with Crippen LogP contribution in [0.4, 0.5) is 5.82 Å². The van der Waals surface area contributed by atoms with Crippen molar-refractivity contribution in [3.05, 3.63) is 22.3 Å². The molecule has 5 heteroatoms. The first kappa shape index (κ1) is 13.3. The van der Waals surface area contributed by atoms with Gasteiger partial charge in [-0.2, -0.15) is 0 Å². The van der Waals surface area contributed by atoms with Gasteiger partial charge in [0.2, 0.25) is 5.91 Å². The minimum absolute atomic E-state index is 0.249. The third-order valence-electron chi connectivity index (χ3n) is 3.42. The van der Waals surface area contributed by atoms with E-state index in [9.17, 15) is 4.79 Å². The second-order valence-electron chi connectivity index (χ2n) is 4.82. The van der Waals surface area contributed by atoms with E-state index in [1.165, 1.54) is 12.8 Å². The number of aromatic nitrogens is 1. The second-order valence-corrected chi connectivity index (χ2v) is 5.68. The van der Waals surface area contributed by atoms with Gasteiger partial charge in [-0.25, -0.2) is 4.98 Å². The Morgan fingerprint density at radius 3 is 2.78 bits per heavy atom. The number of nitrogens with two attached hydrogens (primary N) is 1. The van der Waals surface area contributed by atoms with Crippen LogP contribution in [0.3, 0.4) is 0 Å². The quantitative estimate of drug-likeness (QED) is 0.928. The van der Waals surface area contributed by atoms with Gasteiger partial charge in [0, 0.05) is 16.7 Å². The molecule has 0 spiro atoms. The van der Waals surface area contributed by atoms with E-state index in [1.807, 2.05) is 13.0 Å². The Bertz CT molecular complexity index is 444. The number of hydrogen-bond acceptors (Lipinski definition) is 3. The number of amides is 1. The molecule has 0 unspecified atom stereocenters. The third-order valence-corrected chi connectivity index (χ3v) is 4.25. The Morgan fingerprint density at radius 1 is 1.56 bits per heavy atom. The van der Waals surface area contributed by atoms with Crippen molar-refractivity contribution in [1.29, 1.82) is 0 Å². The highest BCUT2D eigenvalue weighted by atomic mass is 79.9. The zero-order valence-electron chi connectivity index (χ0n) is 10.5. The molecule has 1 fully saturated rings. The van der Waals surface area contributed by atoms with Gasteiger partial charge in [0.1, 0.15) is 5.82 Å². The molecule has 0 aromatic carbocycles. The van der Waals surface area contributed by atoms with Crippen LogP contribution in [0.15, 0.2) is 16.7 Å². The van der Waals surface area contributed by atoms with Crippen LogP contribution in [-0.2, 0) is 4.79 Å². The van der Waals surface area contributed by atoms with E-state index in [4.69, 9.17) is 5.73 Å². The minimum Gasteiger partial charge on any atom is -0.368 e. The molecular weight excluding hydrogens is 294 g/mol. The van der Waals surface area contributed by atoms with Gasteiger partial charge in [0.05, 0.1) is 6.54 Å². The Hall–Kier alpha value is -1.10. The van der Waals surface area contributed by atoms with Crippen LogP contribution in [0.5, 0.6) is 0 Å². The fourth-order valence-corrected chi connectivity index (χ4v) is 2.68. The lowest BCUT2D eigenvalue weighted by atomic mass is 10.2. The van der Waals surface area contributed by atoms with E-state index in [0.29, 0.717) is 6.04 Å². The van der Waals surface area contributed by atoms with E-state index in [1.54, 1.807) is 6.20 Å². The summed E-state index contributed by atoms with van der Waals surface area (Å²) >= 11 is 3.44. The number of nitrogens with zero attached hydrogens (tertiary/aromatic N) is 2. The Morgan fingerprint density at radius 2 is 2.22 bits per heavy atom. The molecule has 0 aliphatic heterocycles. The average Bonchev–Trinajstić information content (AvgIpc) is 2.83. The number of carbonyl (C=O) groups excluding carboxylic acids is 1. The molecule has 0 bridgehead atoms. The van der Waals surface area contributed by atoms with Crippen molar-refractivity contribution in [2.75, 3.05) is 11.4 Å². The van der Waals surface area contributed by atoms with Crippen molar-refractivity contribution < 1.29 is 4.79 Å². The van der Waals surface area contributed by atoms with Gasteiger partial charge in [0.15, 0.2) is 0 Å². The van der Waals surface area contributed by atoms with Gasteiger partial charge in [-0.1, -0.05) is 12.8 Å². The van der Waals surface area contributed by atoms with Crippen LogP contribution >= 0.6 is 15.9 Å². The molecule has 4 nitrogen and oxygen atoms in total. The smallest absolute Gasteiger partial charge is 0.237 e. The topological polar surface area (TPSA) is 59.2 Å². The molecular formula is C13H18BrN3O. The molecule has 1 aliphatic carbocycles. The van der Waals surface area contributed by atoms with Crippen molar-refractivity contribution in [2.45, 2.75) is 38.6 Å². The molecule has 2 N–H and O–H groups in total. The van der Waals surface area contributed by atoms with Gasteiger partial charge in [0.25, 0.3) is 0 Å². The van der Waals surface area contributed by atoms with E-state index < -0.39 is 0 Å². The van der Waals surface area contributed by atoms with Gasteiger partial charge in [-0.3, -0.25) is 4.79 Å². The van der Waals surface area contributed by atoms with Crippen LogP contribution in [0.25, 0.3) is 0 Å². The number of pyridine rings is 1. The van der Waals surface area contributed by atoms with Crippen LogP contribution in [-0.4, -0.2) is 23.5 Å². The lowest BCUT2D eigenvalue weighted by molar-refractivity contribution is -0.116. The maximum absolute atomic E-state index is 11.2. The first-order chi connectivity index (χ1) is 8.58. The minimum atomic E-state index is -0.302. The lowest BCUT2D eigenvalue weighted by Gasteiger charge is -2.29. The fourth-order valence-electron chi connectivity index (χ4n) is 2.46. The van der Waals surface area contributed by atoms with Crippen molar-refractivity contribution in [3.63, 3.8) is 0 Å². The predicted octanol–water partition coefficient (Wildman–Crippen LogP) is 2.39. The van der Waals surface area contributed by atoms with Crippen LogP contribution < -0.4 is 10.6 Å². The highest BCUT2D eigenvalue weighted by molar-refractivity contribution is 9.10. The number of primary amides is 1. The van der Waals surface area contributed by atoms with Crippen molar-refractivity contribution in [2.24, 2.45) is 5.73 Å². The van der Waals surface area contributed by atoms with Gasteiger partial charge < -0.3 is 10.6 Å². The molecule has 0 radical (unpaired) electrons. The summed E-state index contributed by atoms with van der Waals surface area (Å²) in [6.07, 6.45) is 6.45. The molecule has 1 saturated carbocycles. The summed E-state index contributed by atoms with van der Waals surface area (Å²) in [6, 6.07) is 2.40. The van der Waals surface area contributed by atoms with Crippen molar-refractivity contribution in [1.82, 2.24) is 4.98 Å². The summed E-state index contributed by atoms with van der Waals surface area (Å²) in [7, 11) is 0. The van der Waals surface area contributed by atoms with Gasteiger partial charge in [-0.15, -0.1) is 0 Å². The molecule has 0 saturated heterocycles. The summed E-state index contributed by atoms with van der Waals surface area (Å²) < 4.78 is 0.983. The molecule has 2 rings (SSSR count). The summed E-state index contributed by atoms with van der Waals surface area (Å²) in [5.74, 6) is 0.547. The summed E-state index contributed by atoms with van der Waals surface area (Å²) in [4.78, 5) is 17.7. The highest BCUT2D eigenvalue weighted by Gasteiger charge is 2.25. The largest absolute Gasteiger partial charge is 0.368 e. The van der Waals surface area contributed by atoms with Crippen LogP contribution in [0, 0.1) is 6.92 Å². The molecule has 1 aliphatic rings. The normalized spacial score (nSPS) is 15.9. The monoisotopic (exact) mass is 311 g/mol. The van der Waals surface area contributed by atoms with E-state index in [-0.39, 0.29) is 12.5 Å². The van der Waals surface area contributed by atoms with Crippen molar-refractivity contribution in [3.8, 4) is 0 Å². The van der Waals surface area contributed by atoms with E-state index >= 15 is 0 Å². The number of carbonyl (C=O) groups is 1. The Kier molecular flexibility index (Phi) is 4.22. The summed E-state index contributed by atoms with van der Waals surface area (Å²) in [5.41, 5.74) is 6.47. The molecule has 1 heterocycles. The van der Waals surface area contributed by atoms with Crippen molar-refractivity contribution >= 4 is 27.7 Å². The van der Waals surface area contributed by atoms with E-state index in [2.05, 4.69) is 25.8 Å². The summed E-state index contributed by atoms with van der Waals surface area (Å²) in [6.45, 7) is 2.27. The van der Waals surface area contributed by atoms with E-state index in [0.717, 1.165) is 28.7 Å². The fraction of sp³-hybridized carbons (Fsp3) is 0.538. The first-order valence-corrected chi connectivity index (χ1v) is 7.04. The maximum atomic E-state index is 11.2. The number of aryl methyl sites for hydroxylation is 1. The van der Waals surface area contributed by atoms with Gasteiger partial charge >= 0.3 is 0 Å². The predicted molar refractivity (Wildman–Crippen MR) is 75.5 cm³/mol. The van der Waals surface area contributed by atoms with Gasteiger partial charge in [-0.05, 0) is 47.3 Å². The molecule has 0 atom stereocenters. The number of halogens is 1. The zero-order chi connectivity index (χ0) is 13.1. The molecule has 1 aromatic rings. The lowest BCUT2D eigenvalue weighted by Crippen LogP contribution is -2.40. The second kappa shape index (κ2) is 5.69. The Balaban J connectivity index is 2.26. The molecule has 98 valence electrons. The standard InChI is InChI=1S/C13H18BrN3O/c1-9-6-13(16-7-11(9)14)17(8-12(15)18)10-4-2-3-5-10/h6-7,10H,2-5,8H2,1H3,(H2,15,18).